The summed E-state index contributed by atoms with van der Waals surface area (Å²) in [5.74, 6) is 1.99. The second-order valence-corrected chi connectivity index (χ2v) is 5.54. The Morgan fingerprint density at radius 1 is 1.55 bits per heavy atom. The normalized spacial score (nSPS) is 15.5. The van der Waals surface area contributed by atoms with E-state index in [2.05, 4.69) is 0 Å². The van der Waals surface area contributed by atoms with Crippen LogP contribution in [0, 0.1) is 12.3 Å². The minimum Gasteiger partial charge on any atom is -0.379 e. The van der Waals surface area contributed by atoms with Crippen LogP contribution in [-0.2, 0) is 9.84 Å². The zero-order valence-electron chi connectivity index (χ0n) is 6.83. The minimum atomic E-state index is -3.31. The second-order valence-electron chi connectivity index (χ2n) is 2.94. The number of aliphatic hydroxyl groups is 1. The van der Waals surface area contributed by atoms with E-state index < -0.39 is 20.7 Å². The van der Waals surface area contributed by atoms with Crippen LogP contribution in [0.15, 0.2) is 0 Å². The molecule has 1 unspecified atom stereocenters. The number of hydrogen-bond donors (Lipinski definition) is 1. The van der Waals surface area contributed by atoms with Crippen LogP contribution >= 0.6 is 0 Å². The molecule has 11 heavy (non-hydrogen) atoms. The van der Waals surface area contributed by atoms with Crippen molar-refractivity contribution in [3.63, 3.8) is 0 Å². The van der Waals surface area contributed by atoms with Gasteiger partial charge in [-0.25, -0.2) is 8.42 Å². The molecule has 0 radical (unpaired) electrons. The van der Waals surface area contributed by atoms with Crippen molar-refractivity contribution < 1.29 is 13.5 Å². The molecule has 0 spiro atoms. The van der Waals surface area contributed by atoms with Crippen molar-refractivity contribution in [2.24, 2.45) is 0 Å². The van der Waals surface area contributed by atoms with E-state index in [1.165, 1.54) is 13.8 Å². The van der Waals surface area contributed by atoms with Crippen LogP contribution in [0.2, 0.25) is 0 Å². The smallest absolute Gasteiger partial charge is 0.156 e. The highest BCUT2D eigenvalue weighted by Crippen LogP contribution is 2.19. The largest absolute Gasteiger partial charge is 0.379 e. The van der Waals surface area contributed by atoms with Gasteiger partial charge in [0.2, 0.25) is 0 Å². The lowest BCUT2D eigenvalue weighted by atomic mass is 10.1. The minimum absolute atomic E-state index is 1.05. The van der Waals surface area contributed by atoms with Crippen LogP contribution in [-0.4, -0.2) is 30.6 Å². The number of terminal acetylenes is 1. The first kappa shape index (κ1) is 10.5. The first-order valence-electron chi connectivity index (χ1n) is 3.07. The summed E-state index contributed by atoms with van der Waals surface area (Å²) >= 11 is 0. The average Bonchev–Trinajstić information content (AvgIpc) is 1.83. The van der Waals surface area contributed by atoms with Gasteiger partial charge in [-0.15, -0.1) is 6.42 Å². The van der Waals surface area contributed by atoms with Gasteiger partial charge in [0.25, 0.3) is 0 Å². The van der Waals surface area contributed by atoms with Crippen molar-refractivity contribution in [1.82, 2.24) is 0 Å². The SMILES string of the molecule is C#CC(O)C(C)(C)S(C)(=O)=O. The summed E-state index contributed by atoms with van der Waals surface area (Å²) in [4.78, 5) is 0. The van der Waals surface area contributed by atoms with Crippen LogP contribution in [0.1, 0.15) is 13.8 Å². The Hall–Kier alpha value is -0.530. The van der Waals surface area contributed by atoms with E-state index in [-0.39, 0.29) is 0 Å². The molecule has 0 aliphatic carbocycles. The van der Waals surface area contributed by atoms with E-state index in [0.29, 0.717) is 0 Å². The second kappa shape index (κ2) is 2.84. The molecule has 1 N–H and O–H groups in total. The van der Waals surface area contributed by atoms with Crippen molar-refractivity contribution in [2.45, 2.75) is 24.7 Å². The summed E-state index contributed by atoms with van der Waals surface area (Å²) in [6.07, 6.45) is 4.69. The fourth-order valence-electron chi connectivity index (χ4n) is 0.403. The van der Waals surface area contributed by atoms with Crippen molar-refractivity contribution in [3.05, 3.63) is 0 Å². The van der Waals surface area contributed by atoms with Crippen molar-refractivity contribution >= 4 is 9.84 Å². The van der Waals surface area contributed by atoms with Crippen LogP contribution in [0.5, 0.6) is 0 Å². The molecule has 4 heteroatoms. The Labute approximate surface area is 67.3 Å². The molecular formula is C7H12O3S. The van der Waals surface area contributed by atoms with E-state index in [1.54, 1.807) is 0 Å². The van der Waals surface area contributed by atoms with Crippen LogP contribution < -0.4 is 0 Å². The average molecular weight is 176 g/mol. The van der Waals surface area contributed by atoms with Gasteiger partial charge in [0.15, 0.2) is 9.84 Å². The number of rotatable bonds is 2. The van der Waals surface area contributed by atoms with E-state index in [0.717, 1.165) is 6.26 Å². The molecule has 0 aromatic heterocycles. The van der Waals surface area contributed by atoms with Gasteiger partial charge in [0.1, 0.15) is 10.9 Å². The maximum absolute atomic E-state index is 11.0. The lowest BCUT2D eigenvalue weighted by Gasteiger charge is -2.24. The molecule has 0 aliphatic rings. The molecule has 0 fully saturated rings. The van der Waals surface area contributed by atoms with Crippen LogP contribution in [0.3, 0.4) is 0 Å². The molecule has 0 bridgehead atoms. The van der Waals surface area contributed by atoms with Gasteiger partial charge in [-0.05, 0) is 13.8 Å². The van der Waals surface area contributed by atoms with Crippen molar-refractivity contribution in [3.8, 4) is 12.3 Å². The summed E-state index contributed by atoms with van der Waals surface area (Å²) < 4.78 is 20.7. The molecule has 0 saturated heterocycles. The maximum Gasteiger partial charge on any atom is 0.156 e. The molecule has 0 aromatic carbocycles. The fraction of sp³-hybridized carbons (Fsp3) is 0.714. The predicted molar refractivity (Wildman–Crippen MR) is 43.8 cm³/mol. The molecule has 0 aliphatic heterocycles. The molecular weight excluding hydrogens is 164 g/mol. The first-order chi connectivity index (χ1) is 4.73. The van der Waals surface area contributed by atoms with Gasteiger partial charge < -0.3 is 5.11 Å². The van der Waals surface area contributed by atoms with Gasteiger partial charge in [0, 0.05) is 6.26 Å². The van der Waals surface area contributed by atoms with E-state index in [9.17, 15) is 8.42 Å². The standard InChI is InChI=1S/C7H12O3S/c1-5-6(8)7(2,3)11(4,9)10/h1,6,8H,2-4H3. The highest BCUT2D eigenvalue weighted by molar-refractivity contribution is 7.92. The summed E-state index contributed by atoms with van der Waals surface area (Å²) in [6, 6.07) is 0. The Kier molecular flexibility index (Phi) is 2.70. The third kappa shape index (κ3) is 1.95. The monoisotopic (exact) mass is 176 g/mol. The Bertz CT molecular complexity index is 269. The quantitative estimate of drug-likeness (QED) is 0.593. The summed E-state index contributed by atoms with van der Waals surface area (Å²) in [5, 5.41) is 9.11. The molecule has 0 amide bonds. The van der Waals surface area contributed by atoms with E-state index >= 15 is 0 Å². The van der Waals surface area contributed by atoms with Crippen molar-refractivity contribution in [1.29, 1.82) is 0 Å². The number of hydrogen-bond acceptors (Lipinski definition) is 3. The third-order valence-corrected chi connectivity index (χ3v) is 3.91. The lowest BCUT2D eigenvalue weighted by molar-refractivity contribution is 0.193. The third-order valence-electron chi connectivity index (χ3n) is 1.77. The van der Waals surface area contributed by atoms with Gasteiger partial charge >= 0.3 is 0 Å². The Morgan fingerprint density at radius 3 is 2.00 bits per heavy atom. The molecule has 64 valence electrons. The zero-order chi connectivity index (χ0) is 9.28. The van der Waals surface area contributed by atoms with E-state index in [4.69, 9.17) is 11.5 Å². The topological polar surface area (TPSA) is 54.4 Å². The molecule has 3 nitrogen and oxygen atoms in total. The molecule has 0 heterocycles. The summed E-state index contributed by atoms with van der Waals surface area (Å²) in [7, 11) is -3.31. The molecule has 0 rings (SSSR count). The van der Waals surface area contributed by atoms with Crippen LogP contribution in [0.25, 0.3) is 0 Å². The highest BCUT2D eigenvalue weighted by Gasteiger charge is 2.36. The fourth-order valence-corrected chi connectivity index (χ4v) is 0.877. The van der Waals surface area contributed by atoms with Gasteiger partial charge in [-0.2, -0.15) is 0 Å². The lowest BCUT2D eigenvalue weighted by Crippen LogP contribution is -2.42. The predicted octanol–water partition coefficient (Wildman–Crippen LogP) is -0.196. The Morgan fingerprint density at radius 2 is 1.91 bits per heavy atom. The number of aliphatic hydroxyl groups excluding tert-OH is 1. The van der Waals surface area contributed by atoms with Gasteiger partial charge in [-0.1, -0.05) is 5.92 Å². The van der Waals surface area contributed by atoms with E-state index in [1.807, 2.05) is 5.92 Å². The summed E-state index contributed by atoms with van der Waals surface area (Å²) in [6.45, 7) is 2.79. The number of sulfone groups is 1. The zero-order valence-corrected chi connectivity index (χ0v) is 7.64. The Balaban J connectivity index is 4.94. The first-order valence-corrected chi connectivity index (χ1v) is 4.96. The van der Waals surface area contributed by atoms with Crippen molar-refractivity contribution in [2.75, 3.05) is 6.26 Å². The molecule has 1 atom stereocenters. The maximum atomic E-state index is 11.0. The highest BCUT2D eigenvalue weighted by atomic mass is 32.2. The van der Waals surface area contributed by atoms with Gasteiger partial charge in [0.05, 0.1) is 0 Å². The summed E-state index contributed by atoms with van der Waals surface area (Å²) in [5.41, 5.74) is 0. The molecule has 0 saturated carbocycles. The van der Waals surface area contributed by atoms with Crippen LogP contribution in [0.4, 0.5) is 0 Å². The molecule has 0 aromatic rings. The van der Waals surface area contributed by atoms with Gasteiger partial charge in [-0.3, -0.25) is 0 Å².